The van der Waals surface area contributed by atoms with Crippen LogP contribution in [0.4, 0.5) is 0 Å². The Hall–Kier alpha value is -2.00. The van der Waals surface area contributed by atoms with E-state index in [0.717, 1.165) is 42.2 Å². The van der Waals surface area contributed by atoms with Crippen molar-refractivity contribution in [1.29, 1.82) is 0 Å². The normalized spacial score (nSPS) is 10.8. The van der Waals surface area contributed by atoms with Gasteiger partial charge in [-0.15, -0.1) is 0 Å². The van der Waals surface area contributed by atoms with E-state index in [1.54, 1.807) is 7.11 Å². The lowest BCUT2D eigenvalue weighted by molar-refractivity contribution is 0.298. The first kappa shape index (κ1) is 17.4. The Bertz CT molecular complexity index is 581. The van der Waals surface area contributed by atoms with E-state index in [0.29, 0.717) is 0 Å². The zero-order chi connectivity index (χ0) is 16.5. The third-order valence-corrected chi connectivity index (χ3v) is 3.78. The van der Waals surface area contributed by atoms with Crippen molar-refractivity contribution in [2.75, 3.05) is 34.4 Å². The van der Waals surface area contributed by atoms with Crippen LogP contribution in [-0.2, 0) is 0 Å². The Morgan fingerprint density at radius 3 is 2.26 bits per heavy atom. The molecule has 0 atom stereocenters. The molecule has 3 heteroatoms. The van der Waals surface area contributed by atoms with Gasteiger partial charge in [0.05, 0.1) is 19.3 Å². The van der Waals surface area contributed by atoms with Crippen LogP contribution in [-0.4, -0.2) is 39.3 Å². The van der Waals surface area contributed by atoms with Crippen LogP contribution < -0.4 is 9.47 Å². The summed E-state index contributed by atoms with van der Waals surface area (Å²) in [6.07, 6.45) is 3.46. The number of rotatable bonds is 9. The molecule has 0 aliphatic heterocycles. The van der Waals surface area contributed by atoms with Crippen LogP contribution >= 0.6 is 0 Å². The molecule has 0 fully saturated rings. The summed E-state index contributed by atoms with van der Waals surface area (Å²) in [5, 5.41) is 0. The van der Waals surface area contributed by atoms with Gasteiger partial charge in [0, 0.05) is 0 Å². The summed E-state index contributed by atoms with van der Waals surface area (Å²) in [4.78, 5) is 2.22. The monoisotopic (exact) mass is 313 g/mol. The molecule has 2 rings (SSSR count). The van der Waals surface area contributed by atoms with Crippen molar-refractivity contribution >= 4 is 0 Å². The van der Waals surface area contributed by atoms with Crippen molar-refractivity contribution < 1.29 is 9.47 Å². The van der Waals surface area contributed by atoms with E-state index in [4.69, 9.17) is 9.47 Å². The minimum atomic E-state index is 0.737. The quantitative estimate of drug-likeness (QED) is 0.637. The topological polar surface area (TPSA) is 21.7 Å². The molecule has 0 amide bonds. The van der Waals surface area contributed by atoms with Gasteiger partial charge in [-0.25, -0.2) is 0 Å². The zero-order valence-electron chi connectivity index (χ0n) is 14.4. The highest BCUT2D eigenvalue weighted by Gasteiger charge is 2.12. The first-order valence-electron chi connectivity index (χ1n) is 8.22. The molecule has 0 N–H and O–H groups in total. The molecule has 0 aromatic heterocycles. The van der Waals surface area contributed by atoms with Gasteiger partial charge in [0.2, 0.25) is 0 Å². The average molecular weight is 313 g/mol. The molecule has 0 saturated carbocycles. The number of benzene rings is 2. The van der Waals surface area contributed by atoms with Gasteiger partial charge in [0.15, 0.2) is 0 Å². The molecule has 2 aromatic carbocycles. The van der Waals surface area contributed by atoms with Crippen LogP contribution in [0.3, 0.4) is 0 Å². The fraction of sp³-hybridized carbons (Fsp3) is 0.400. The molecule has 23 heavy (non-hydrogen) atoms. The Kier molecular flexibility index (Phi) is 6.95. The molecule has 2 aromatic rings. The molecule has 0 saturated heterocycles. The van der Waals surface area contributed by atoms with Crippen molar-refractivity contribution in [2.45, 2.75) is 19.3 Å². The van der Waals surface area contributed by atoms with E-state index in [-0.39, 0.29) is 0 Å². The van der Waals surface area contributed by atoms with Crippen LogP contribution in [0.25, 0.3) is 11.1 Å². The molecule has 3 nitrogen and oxygen atoms in total. The SMILES string of the molecule is COc1cccc(OCCCCCN(C)C)c1-c1ccccc1. The van der Waals surface area contributed by atoms with Crippen molar-refractivity contribution in [3.05, 3.63) is 48.5 Å². The number of methoxy groups -OCH3 is 1. The summed E-state index contributed by atoms with van der Waals surface area (Å²) in [5.74, 6) is 1.74. The van der Waals surface area contributed by atoms with Gasteiger partial charge >= 0.3 is 0 Å². The van der Waals surface area contributed by atoms with E-state index in [2.05, 4.69) is 31.1 Å². The van der Waals surface area contributed by atoms with Gasteiger partial charge in [-0.05, 0) is 57.6 Å². The first-order valence-corrected chi connectivity index (χ1v) is 8.22. The van der Waals surface area contributed by atoms with Crippen LogP contribution in [0.5, 0.6) is 11.5 Å². The molecule has 0 aliphatic carbocycles. The molecule has 0 unspecified atom stereocenters. The van der Waals surface area contributed by atoms with E-state index >= 15 is 0 Å². The maximum Gasteiger partial charge on any atom is 0.130 e. The maximum atomic E-state index is 6.05. The predicted molar refractivity (Wildman–Crippen MR) is 96.3 cm³/mol. The number of unbranched alkanes of at least 4 members (excludes halogenated alkanes) is 2. The second-order valence-corrected chi connectivity index (χ2v) is 5.91. The smallest absolute Gasteiger partial charge is 0.130 e. The summed E-state index contributed by atoms with van der Waals surface area (Å²) in [5.41, 5.74) is 2.15. The number of ether oxygens (including phenoxy) is 2. The molecule has 124 valence electrons. The zero-order valence-corrected chi connectivity index (χ0v) is 14.4. The van der Waals surface area contributed by atoms with Crippen LogP contribution in [0.1, 0.15) is 19.3 Å². The van der Waals surface area contributed by atoms with E-state index in [1.807, 2.05) is 36.4 Å². The van der Waals surface area contributed by atoms with Gasteiger partial charge < -0.3 is 14.4 Å². The van der Waals surface area contributed by atoms with Crippen molar-refractivity contribution in [2.24, 2.45) is 0 Å². The molecule has 0 spiro atoms. The lowest BCUT2D eigenvalue weighted by Crippen LogP contribution is -2.13. The fourth-order valence-corrected chi connectivity index (χ4v) is 2.58. The summed E-state index contributed by atoms with van der Waals surface area (Å²) in [6, 6.07) is 16.2. The van der Waals surface area contributed by atoms with E-state index in [9.17, 15) is 0 Å². The lowest BCUT2D eigenvalue weighted by Gasteiger charge is -2.15. The Balaban J connectivity index is 2.01. The second-order valence-electron chi connectivity index (χ2n) is 5.91. The second kappa shape index (κ2) is 9.21. The summed E-state index contributed by atoms with van der Waals surface area (Å²) < 4.78 is 11.6. The molecule has 0 radical (unpaired) electrons. The van der Waals surface area contributed by atoms with Crippen LogP contribution in [0.2, 0.25) is 0 Å². The first-order chi connectivity index (χ1) is 11.2. The summed E-state index contributed by atoms with van der Waals surface area (Å²) in [6.45, 7) is 1.87. The largest absolute Gasteiger partial charge is 0.496 e. The minimum Gasteiger partial charge on any atom is -0.496 e. The highest BCUT2D eigenvalue weighted by Crippen LogP contribution is 2.38. The number of hydrogen-bond acceptors (Lipinski definition) is 3. The van der Waals surface area contributed by atoms with Gasteiger partial charge in [0.25, 0.3) is 0 Å². The maximum absolute atomic E-state index is 6.05. The third kappa shape index (κ3) is 5.29. The van der Waals surface area contributed by atoms with Gasteiger partial charge in [-0.3, -0.25) is 0 Å². The molecule has 0 bridgehead atoms. The lowest BCUT2D eigenvalue weighted by atomic mass is 10.0. The van der Waals surface area contributed by atoms with Gasteiger partial charge in [-0.1, -0.05) is 36.4 Å². The Morgan fingerprint density at radius 1 is 0.826 bits per heavy atom. The van der Waals surface area contributed by atoms with E-state index < -0.39 is 0 Å². The minimum absolute atomic E-state index is 0.737. The van der Waals surface area contributed by atoms with Crippen molar-refractivity contribution in [3.63, 3.8) is 0 Å². The molecule has 0 heterocycles. The third-order valence-electron chi connectivity index (χ3n) is 3.78. The number of nitrogens with zero attached hydrogens (tertiary/aromatic N) is 1. The summed E-state index contributed by atoms with van der Waals surface area (Å²) >= 11 is 0. The summed E-state index contributed by atoms with van der Waals surface area (Å²) in [7, 11) is 5.92. The Morgan fingerprint density at radius 2 is 1.57 bits per heavy atom. The standard InChI is InChI=1S/C20H27NO2/c1-21(2)15-8-5-9-16-23-19-14-10-13-18(22-3)20(19)17-11-6-4-7-12-17/h4,6-7,10-14H,5,8-9,15-16H2,1-3H3. The number of hydrogen-bond donors (Lipinski definition) is 0. The van der Waals surface area contributed by atoms with Crippen LogP contribution in [0, 0.1) is 0 Å². The molecular weight excluding hydrogens is 286 g/mol. The highest BCUT2D eigenvalue weighted by atomic mass is 16.5. The molecule has 0 aliphatic rings. The predicted octanol–water partition coefficient (Wildman–Crippen LogP) is 4.47. The Labute approximate surface area is 139 Å². The van der Waals surface area contributed by atoms with Gasteiger partial charge in [-0.2, -0.15) is 0 Å². The van der Waals surface area contributed by atoms with Crippen molar-refractivity contribution in [3.8, 4) is 22.6 Å². The molecular formula is C20H27NO2. The van der Waals surface area contributed by atoms with Gasteiger partial charge in [0.1, 0.15) is 11.5 Å². The average Bonchev–Trinajstić information content (AvgIpc) is 2.58. The van der Waals surface area contributed by atoms with Crippen molar-refractivity contribution in [1.82, 2.24) is 4.90 Å². The highest BCUT2D eigenvalue weighted by molar-refractivity contribution is 5.76. The fourth-order valence-electron chi connectivity index (χ4n) is 2.58. The van der Waals surface area contributed by atoms with E-state index in [1.165, 1.54) is 12.8 Å². The van der Waals surface area contributed by atoms with Crippen LogP contribution in [0.15, 0.2) is 48.5 Å².